The highest BCUT2D eigenvalue weighted by atomic mass is 35.5. The highest BCUT2D eigenvalue weighted by Gasteiger charge is 2.42. The maximum absolute atomic E-state index is 13.0. The van der Waals surface area contributed by atoms with Crippen molar-refractivity contribution in [2.45, 2.75) is 22.6 Å². The van der Waals surface area contributed by atoms with Gasteiger partial charge < -0.3 is 39.4 Å². The number of esters is 4. The minimum absolute atomic E-state index is 0.00598. The second-order valence-electron chi connectivity index (χ2n) is 11.3. The van der Waals surface area contributed by atoms with Gasteiger partial charge in [0, 0.05) is 12.8 Å². The van der Waals surface area contributed by atoms with Crippen LogP contribution in [0.4, 0.5) is 0 Å². The fourth-order valence-electron chi connectivity index (χ4n) is 5.51. The molecule has 0 aromatic heterocycles. The number of halogens is 5. The summed E-state index contributed by atoms with van der Waals surface area (Å²) < 4.78 is 19.2. The third kappa shape index (κ3) is 8.17. The van der Waals surface area contributed by atoms with Gasteiger partial charge in [-0.25, -0.2) is 19.2 Å². The quantitative estimate of drug-likeness (QED) is 0.0667. The van der Waals surface area contributed by atoms with Gasteiger partial charge in [0.15, 0.2) is 0 Å². The average molecular weight is 831 g/mol. The molecule has 0 aliphatic carbocycles. The largest absolute Gasteiger partial charge is 0.507 e. The van der Waals surface area contributed by atoms with Crippen LogP contribution in [0.25, 0.3) is 0 Å². The fourth-order valence-corrected chi connectivity index (χ4v) is 6.72. The van der Waals surface area contributed by atoms with Crippen molar-refractivity contribution in [1.82, 2.24) is 0 Å². The summed E-state index contributed by atoms with van der Waals surface area (Å²) in [6.07, 6.45) is -0.428. The van der Waals surface area contributed by atoms with E-state index in [-0.39, 0.29) is 78.5 Å². The molecule has 0 heterocycles. The van der Waals surface area contributed by atoms with Gasteiger partial charge in [-0.3, -0.25) is 0 Å². The van der Waals surface area contributed by atoms with Crippen LogP contribution in [0, 0.1) is 0 Å². The van der Waals surface area contributed by atoms with Gasteiger partial charge in [0.2, 0.25) is 0 Å². The van der Waals surface area contributed by atoms with E-state index in [9.17, 15) is 39.6 Å². The lowest BCUT2D eigenvalue weighted by Crippen LogP contribution is -2.30. The molecule has 0 fully saturated rings. The van der Waals surface area contributed by atoms with E-state index in [0.29, 0.717) is 0 Å². The zero-order chi connectivity index (χ0) is 39.5. The van der Waals surface area contributed by atoms with E-state index in [1.807, 2.05) is 0 Å². The van der Waals surface area contributed by atoms with E-state index in [1.165, 1.54) is 48.5 Å². The van der Waals surface area contributed by atoms with Crippen LogP contribution < -0.4 is 0 Å². The van der Waals surface area contributed by atoms with Crippen molar-refractivity contribution in [3.05, 3.63) is 114 Å². The van der Waals surface area contributed by atoms with Crippen LogP contribution in [0.2, 0.25) is 10.0 Å². The van der Waals surface area contributed by atoms with Crippen LogP contribution in [0.1, 0.15) is 74.8 Å². The number of ether oxygens (including phenoxy) is 4. The predicted octanol–water partition coefficient (Wildman–Crippen LogP) is 7.43. The van der Waals surface area contributed by atoms with E-state index in [1.54, 1.807) is 0 Å². The Kier molecular flexibility index (Phi) is 12.9. The number of hydrogen-bond donors (Lipinski definition) is 4. The zero-order valence-electron chi connectivity index (χ0n) is 28.1. The molecule has 4 rings (SSSR count). The zero-order valence-corrected chi connectivity index (χ0v) is 31.8. The molecule has 0 amide bonds. The monoisotopic (exact) mass is 828 g/mol. The minimum Gasteiger partial charge on any atom is -0.507 e. The average Bonchev–Trinajstić information content (AvgIpc) is 3.14. The molecule has 12 nitrogen and oxygen atoms in total. The standard InChI is InChI=1S/C36H29Cl5O12/c1-50-31(46)21-7-15(9-25(37)29(21)44)5-17-11-19(13-23(27(17)42)33(48)52-3)36(41,35(39)40)20-12-18(28(43)24(14-20)34(49)53-4)6-16-8-22(32(47)51-2)30(45)26(38)10-16/h7-14,35,42-45H,5-6H2,1-4H3. The maximum atomic E-state index is 13.0. The first-order valence-corrected chi connectivity index (χ1v) is 17.0. The number of alkyl halides is 3. The predicted molar refractivity (Wildman–Crippen MR) is 196 cm³/mol. The molecular weight excluding hydrogens is 802 g/mol. The molecule has 4 aromatic rings. The Bertz CT molecular complexity index is 1990. The normalized spacial score (nSPS) is 11.3. The Morgan fingerprint density at radius 1 is 0.547 bits per heavy atom. The molecule has 0 spiro atoms. The Morgan fingerprint density at radius 2 is 0.849 bits per heavy atom. The molecule has 53 heavy (non-hydrogen) atoms. The van der Waals surface area contributed by atoms with Crippen molar-refractivity contribution in [3.8, 4) is 23.0 Å². The number of rotatable bonds is 11. The van der Waals surface area contributed by atoms with Crippen LogP contribution in [0.3, 0.4) is 0 Å². The van der Waals surface area contributed by atoms with E-state index in [2.05, 4.69) is 0 Å². The van der Waals surface area contributed by atoms with Gasteiger partial charge in [-0.1, -0.05) is 23.2 Å². The van der Waals surface area contributed by atoms with Crippen LogP contribution in [-0.4, -0.2) is 77.6 Å². The summed E-state index contributed by atoms with van der Waals surface area (Å²) in [7, 11) is 4.36. The molecule has 0 atom stereocenters. The van der Waals surface area contributed by atoms with Crippen LogP contribution in [-0.2, 0) is 36.7 Å². The SMILES string of the molecule is COC(=O)c1cc(Cc2cc(C(Cl)(c3cc(Cc4cc(Cl)c(O)c(C(=O)OC)c4)c(O)c(C(=O)OC)c3)C(Cl)Cl)cc(C(=O)OC)c2O)cc(Cl)c1O. The van der Waals surface area contributed by atoms with Crippen molar-refractivity contribution >= 4 is 81.9 Å². The van der Waals surface area contributed by atoms with E-state index in [0.717, 1.165) is 28.4 Å². The van der Waals surface area contributed by atoms with Crippen LogP contribution in [0.15, 0.2) is 48.5 Å². The van der Waals surface area contributed by atoms with Crippen molar-refractivity contribution in [3.63, 3.8) is 0 Å². The van der Waals surface area contributed by atoms with Gasteiger partial charge in [0.25, 0.3) is 0 Å². The molecule has 0 unspecified atom stereocenters. The van der Waals surface area contributed by atoms with E-state index < -0.39 is 56.6 Å². The second kappa shape index (κ2) is 16.6. The summed E-state index contributed by atoms with van der Waals surface area (Å²) in [6, 6.07) is 10.2. The number of benzene rings is 4. The van der Waals surface area contributed by atoms with Crippen molar-refractivity contribution in [2.24, 2.45) is 0 Å². The third-order valence-electron chi connectivity index (χ3n) is 8.18. The van der Waals surface area contributed by atoms with Gasteiger partial charge in [-0.2, -0.15) is 0 Å². The molecule has 280 valence electrons. The second-order valence-corrected chi connectivity index (χ2v) is 13.8. The van der Waals surface area contributed by atoms with Crippen molar-refractivity contribution in [1.29, 1.82) is 0 Å². The molecule has 0 saturated heterocycles. The molecular formula is C36H29Cl5O12. The number of carbonyl (C=O) groups is 4. The number of phenols is 4. The summed E-state index contributed by atoms with van der Waals surface area (Å²) in [4.78, 5) is 47.0. The van der Waals surface area contributed by atoms with Gasteiger partial charge in [-0.05, 0) is 81.9 Å². The molecule has 0 radical (unpaired) electrons. The Hall–Kier alpha value is -4.59. The Balaban J connectivity index is 1.99. The molecule has 0 aliphatic heterocycles. The summed E-state index contributed by atoms with van der Waals surface area (Å²) in [6.45, 7) is 0. The number of carbonyl (C=O) groups excluding carboxylic acids is 4. The molecule has 0 aliphatic rings. The van der Waals surface area contributed by atoms with Crippen molar-refractivity contribution in [2.75, 3.05) is 28.4 Å². The summed E-state index contributed by atoms with van der Waals surface area (Å²) in [5.41, 5.74) is -0.687. The molecule has 4 aromatic carbocycles. The maximum Gasteiger partial charge on any atom is 0.341 e. The topological polar surface area (TPSA) is 186 Å². The molecule has 0 saturated carbocycles. The molecule has 4 N–H and O–H groups in total. The fraction of sp³-hybridized carbons (Fsp3) is 0.222. The molecule has 0 bridgehead atoms. The van der Waals surface area contributed by atoms with Crippen LogP contribution >= 0.6 is 58.0 Å². The Morgan fingerprint density at radius 3 is 1.13 bits per heavy atom. The number of hydrogen-bond acceptors (Lipinski definition) is 12. The van der Waals surface area contributed by atoms with E-state index in [4.69, 9.17) is 77.0 Å². The minimum atomic E-state index is -2.06. The number of aromatic hydroxyl groups is 4. The van der Waals surface area contributed by atoms with Gasteiger partial charge in [0.1, 0.15) is 55.0 Å². The third-order valence-corrected chi connectivity index (χ3v) is 10.3. The summed E-state index contributed by atoms with van der Waals surface area (Å²) >= 11 is 32.9. The number of methoxy groups -OCH3 is 4. The number of phenolic OH excluding ortho intramolecular Hbond substituents is 4. The van der Waals surface area contributed by atoms with Crippen molar-refractivity contribution < 1.29 is 58.6 Å². The smallest absolute Gasteiger partial charge is 0.341 e. The van der Waals surface area contributed by atoms with Crippen LogP contribution in [0.5, 0.6) is 23.0 Å². The first kappa shape index (κ1) is 41.2. The van der Waals surface area contributed by atoms with E-state index >= 15 is 0 Å². The summed E-state index contributed by atoms with van der Waals surface area (Å²) in [5.74, 6) is -5.94. The van der Waals surface area contributed by atoms with Gasteiger partial charge >= 0.3 is 23.9 Å². The molecule has 17 heteroatoms. The highest BCUT2D eigenvalue weighted by Crippen LogP contribution is 2.48. The lowest BCUT2D eigenvalue weighted by atomic mass is 9.85. The first-order valence-electron chi connectivity index (χ1n) is 15.0. The van der Waals surface area contributed by atoms with Gasteiger partial charge in [0.05, 0.1) is 38.5 Å². The first-order chi connectivity index (χ1) is 24.9. The Labute approximate surface area is 327 Å². The highest BCUT2D eigenvalue weighted by molar-refractivity contribution is 6.50. The lowest BCUT2D eigenvalue weighted by molar-refractivity contribution is 0.0587. The lowest BCUT2D eigenvalue weighted by Gasteiger charge is -2.32. The van der Waals surface area contributed by atoms with Gasteiger partial charge in [-0.15, -0.1) is 34.8 Å². The summed E-state index contributed by atoms with van der Waals surface area (Å²) in [5, 5.41) is 42.8.